The van der Waals surface area contributed by atoms with Crippen LogP contribution in [0.3, 0.4) is 0 Å². The molecule has 0 atom stereocenters. The zero-order chi connectivity index (χ0) is 7.40. The first-order valence-corrected chi connectivity index (χ1v) is 4.54. The van der Waals surface area contributed by atoms with Crippen LogP contribution in [0.5, 0.6) is 0 Å². The van der Waals surface area contributed by atoms with E-state index in [0.29, 0.717) is 6.04 Å². The van der Waals surface area contributed by atoms with Gasteiger partial charge in [-0.3, -0.25) is 0 Å². The van der Waals surface area contributed by atoms with Gasteiger partial charge in [0.05, 0.1) is 0 Å². The smallest absolute Gasteiger partial charge is 0.00388 e. The molecule has 1 fully saturated rings. The van der Waals surface area contributed by atoms with Crippen LogP contribution in [0, 0.1) is 5.92 Å². The molecule has 1 saturated carbocycles. The summed E-state index contributed by atoms with van der Waals surface area (Å²) >= 11 is 0. The fourth-order valence-electron chi connectivity index (χ4n) is 1.75. The Kier molecular flexibility index (Phi) is 3.20. The van der Waals surface area contributed by atoms with E-state index in [1.807, 2.05) is 0 Å². The molecule has 0 bridgehead atoms. The van der Waals surface area contributed by atoms with Gasteiger partial charge in [0.15, 0.2) is 0 Å². The van der Waals surface area contributed by atoms with Gasteiger partial charge in [0, 0.05) is 6.04 Å². The molecule has 10 heavy (non-hydrogen) atoms. The standard InChI is InChI=1S/C9H19N/c1-8-4-2-6-9(10)7-3-5-8/h8-9H,2-7,10H2,1H3. The van der Waals surface area contributed by atoms with Gasteiger partial charge in [-0.05, 0) is 18.8 Å². The number of hydrogen-bond acceptors (Lipinski definition) is 1. The Morgan fingerprint density at radius 2 is 1.50 bits per heavy atom. The lowest BCUT2D eigenvalue weighted by Gasteiger charge is -2.18. The third kappa shape index (κ3) is 2.70. The topological polar surface area (TPSA) is 26.0 Å². The maximum Gasteiger partial charge on any atom is 0.00388 e. The highest BCUT2D eigenvalue weighted by Crippen LogP contribution is 2.20. The third-order valence-corrected chi connectivity index (χ3v) is 2.54. The van der Waals surface area contributed by atoms with Gasteiger partial charge < -0.3 is 5.73 Å². The number of hydrogen-bond donors (Lipinski definition) is 1. The highest BCUT2D eigenvalue weighted by Gasteiger charge is 2.09. The fraction of sp³-hybridized carbons (Fsp3) is 1.00. The van der Waals surface area contributed by atoms with Crippen LogP contribution < -0.4 is 5.73 Å². The lowest BCUT2D eigenvalue weighted by atomic mass is 9.91. The Balaban J connectivity index is 2.21. The molecule has 1 nitrogen and oxygen atoms in total. The maximum absolute atomic E-state index is 5.85. The van der Waals surface area contributed by atoms with Crippen molar-refractivity contribution < 1.29 is 0 Å². The molecule has 0 spiro atoms. The van der Waals surface area contributed by atoms with E-state index in [4.69, 9.17) is 5.73 Å². The van der Waals surface area contributed by atoms with Crippen LogP contribution in [0.4, 0.5) is 0 Å². The molecular weight excluding hydrogens is 122 g/mol. The molecule has 0 aromatic rings. The first kappa shape index (κ1) is 8.06. The highest BCUT2D eigenvalue weighted by atomic mass is 14.6. The summed E-state index contributed by atoms with van der Waals surface area (Å²) < 4.78 is 0. The Bertz CT molecular complexity index is 70.7. The van der Waals surface area contributed by atoms with Crippen molar-refractivity contribution in [2.45, 2.75) is 51.5 Å². The first-order valence-electron chi connectivity index (χ1n) is 4.54. The minimum atomic E-state index is 0.507. The van der Waals surface area contributed by atoms with E-state index in [2.05, 4.69) is 6.92 Å². The maximum atomic E-state index is 5.85. The summed E-state index contributed by atoms with van der Waals surface area (Å²) in [6, 6.07) is 0.507. The highest BCUT2D eigenvalue weighted by molar-refractivity contribution is 4.67. The van der Waals surface area contributed by atoms with E-state index >= 15 is 0 Å². The molecule has 0 aliphatic heterocycles. The first-order chi connectivity index (χ1) is 4.79. The van der Waals surface area contributed by atoms with E-state index in [0.717, 1.165) is 5.92 Å². The van der Waals surface area contributed by atoms with Crippen LogP contribution in [0.2, 0.25) is 0 Å². The van der Waals surface area contributed by atoms with E-state index in [-0.39, 0.29) is 0 Å². The van der Waals surface area contributed by atoms with Gasteiger partial charge in [-0.1, -0.05) is 32.6 Å². The van der Waals surface area contributed by atoms with Crippen LogP contribution in [0.15, 0.2) is 0 Å². The molecule has 0 amide bonds. The molecule has 0 radical (unpaired) electrons. The zero-order valence-electron chi connectivity index (χ0n) is 6.97. The van der Waals surface area contributed by atoms with E-state index in [9.17, 15) is 0 Å². The van der Waals surface area contributed by atoms with Crippen molar-refractivity contribution in [3.8, 4) is 0 Å². The van der Waals surface area contributed by atoms with Gasteiger partial charge in [0.2, 0.25) is 0 Å². The summed E-state index contributed by atoms with van der Waals surface area (Å²) in [5.41, 5.74) is 5.85. The van der Waals surface area contributed by atoms with Crippen molar-refractivity contribution in [1.29, 1.82) is 0 Å². The van der Waals surface area contributed by atoms with Gasteiger partial charge in [0.1, 0.15) is 0 Å². The third-order valence-electron chi connectivity index (χ3n) is 2.54. The quantitative estimate of drug-likeness (QED) is 0.550. The van der Waals surface area contributed by atoms with Crippen molar-refractivity contribution >= 4 is 0 Å². The van der Waals surface area contributed by atoms with Crippen LogP contribution >= 0.6 is 0 Å². The van der Waals surface area contributed by atoms with E-state index in [1.54, 1.807) is 0 Å². The number of nitrogens with two attached hydrogens (primary N) is 1. The van der Waals surface area contributed by atoms with Crippen LogP contribution in [0.25, 0.3) is 0 Å². The summed E-state index contributed by atoms with van der Waals surface area (Å²) in [5, 5.41) is 0. The molecule has 0 heterocycles. The molecule has 1 aliphatic rings. The predicted octanol–water partition coefficient (Wildman–Crippen LogP) is 2.30. The summed E-state index contributed by atoms with van der Waals surface area (Å²) in [6.07, 6.45) is 8.00. The summed E-state index contributed by atoms with van der Waals surface area (Å²) in [7, 11) is 0. The molecule has 0 aromatic carbocycles. The Morgan fingerprint density at radius 1 is 1.00 bits per heavy atom. The predicted molar refractivity (Wildman–Crippen MR) is 44.8 cm³/mol. The normalized spacial score (nSPS) is 36.6. The SMILES string of the molecule is CC1CCCC(N)CCC1. The molecule has 60 valence electrons. The Labute approximate surface area is 64.0 Å². The summed E-state index contributed by atoms with van der Waals surface area (Å²) in [6.45, 7) is 2.36. The minimum absolute atomic E-state index is 0.507. The fourth-order valence-corrected chi connectivity index (χ4v) is 1.75. The second-order valence-electron chi connectivity index (χ2n) is 3.73. The largest absolute Gasteiger partial charge is 0.328 e. The lowest BCUT2D eigenvalue weighted by Crippen LogP contribution is -2.21. The van der Waals surface area contributed by atoms with Crippen molar-refractivity contribution in [3.05, 3.63) is 0 Å². The molecule has 0 saturated heterocycles. The molecular formula is C9H19N. The van der Waals surface area contributed by atoms with Crippen molar-refractivity contribution in [2.75, 3.05) is 0 Å². The van der Waals surface area contributed by atoms with E-state index < -0.39 is 0 Å². The average Bonchev–Trinajstić information content (AvgIpc) is 1.84. The minimum Gasteiger partial charge on any atom is -0.328 e. The summed E-state index contributed by atoms with van der Waals surface area (Å²) in [5.74, 6) is 0.951. The summed E-state index contributed by atoms with van der Waals surface area (Å²) in [4.78, 5) is 0. The van der Waals surface area contributed by atoms with E-state index in [1.165, 1.54) is 38.5 Å². The van der Waals surface area contributed by atoms with Crippen LogP contribution in [-0.2, 0) is 0 Å². The van der Waals surface area contributed by atoms with Gasteiger partial charge in [-0.25, -0.2) is 0 Å². The van der Waals surface area contributed by atoms with Crippen LogP contribution in [-0.4, -0.2) is 6.04 Å². The molecule has 0 aromatic heterocycles. The van der Waals surface area contributed by atoms with Crippen molar-refractivity contribution in [3.63, 3.8) is 0 Å². The monoisotopic (exact) mass is 141 g/mol. The van der Waals surface area contributed by atoms with Gasteiger partial charge in [-0.15, -0.1) is 0 Å². The Hall–Kier alpha value is -0.0400. The molecule has 1 rings (SSSR count). The second kappa shape index (κ2) is 3.97. The van der Waals surface area contributed by atoms with Crippen molar-refractivity contribution in [2.24, 2.45) is 11.7 Å². The zero-order valence-corrected chi connectivity index (χ0v) is 6.97. The molecule has 1 heteroatoms. The Morgan fingerprint density at radius 3 is 2.00 bits per heavy atom. The lowest BCUT2D eigenvalue weighted by molar-refractivity contribution is 0.378. The second-order valence-corrected chi connectivity index (χ2v) is 3.73. The van der Waals surface area contributed by atoms with Gasteiger partial charge >= 0.3 is 0 Å². The number of rotatable bonds is 0. The molecule has 0 unspecified atom stereocenters. The molecule has 2 N–H and O–H groups in total. The van der Waals surface area contributed by atoms with Crippen molar-refractivity contribution in [1.82, 2.24) is 0 Å². The van der Waals surface area contributed by atoms with Gasteiger partial charge in [0.25, 0.3) is 0 Å². The van der Waals surface area contributed by atoms with Gasteiger partial charge in [-0.2, -0.15) is 0 Å². The van der Waals surface area contributed by atoms with Crippen LogP contribution in [0.1, 0.15) is 45.4 Å². The average molecular weight is 141 g/mol. The molecule has 1 aliphatic carbocycles.